The van der Waals surface area contributed by atoms with Crippen molar-refractivity contribution in [1.29, 1.82) is 0 Å². The number of aromatic nitrogens is 2. The Morgan fingerprint density at radius 1 is 1.15 bits per heavy atom. The van der Waals surface area contributed by atoms with Crippen LogP contribution in [-0.2, 0) is 19.6 Å². The molecule has 0 aliphatic carbocycles. The maximum Gasteiger partial charge on any atom is 0.191 e. The van der Waals surface area contributed by atoms with Crippen molar-refractivity contribution in [2.24, 2.45) is 4.99 Å². The minimum absolute atomic E-state index is 0. The first kappa shape index (κ1) is 23.4. The van der Waals surface area contributed by atoms with E-state index in [0.717, 1.165) is 44.3 Å². The molecule has 150 valence electrons. The summed E-state index contributed by atoms with van der Waals surface area (Å²) in [5, 5.41) is 11.2. The van der Waals surface area contributed by atoms with Crippen LogP contribution in [0.25, 0.3) is 0 Å². The lowest BCUT2D eigenvalue weighted by molar-refractivity contribution is 0.402. The molecular formula is C20H33IN6. The molecule has 27 heavy (non-hydrogen) atoms. The number of guanidine groups is 1. The van der Waals surface area contributed by atoms with Gasteiger partial charge in [-0.25, -0.2) is 0 Å². The van der Waals surface area contributed by atoms with E-state index in [1.54, 1.807) is 7.05 Å². The van der Waals surface area contributed by atoms with Crippen LogP contribution < -0.4 is 10.6 Å². The van der Waals surface area contributed by atoms with Crippen LogP contribution in [0.5, 0.6) is 0 Å². The van der Waals surface area contributed by atoms with E-state index in [1.165, 1.54) is 16.8 Å². The van der Waals surface area contributed by atoms with E-state index in [4.69, 9.17) is 0 Å². The van der Waals surface area contributed by atoms with Crippen LogP contribution in [0.1, 0.15) is 28.9 Å². The Hall–Kier alpha value is -1.61. The van der Waals surface area contributed by atoms with Crippen molar-refractivity contribution in [3.05, 3.63) is 52.8 Å². The number of rotatable bonds is 8. The van der Waals surface area contributed by atoms with Crippen LogP contribution in [0.3, 0.4) is 0 Å². The molecule has 1 heterocycles. The zero-order chi connectivity index (χ0) is 18.9. The SMILES string of the molecule is CN=C(NCCCn1nc(C)cc1C)NCc1cccc(CN(C)C)c1.I. The number of aryl methyl sites for hydroxylation is 3. The average molecular weight is 484 g/mol. The number of hydrogen-bond acceptors (Lipinski definition) is 3. The van der Waals surface area contributed by atoms with E-state index < -0.39 is 0 Å². The second-order valence-corrected chi connectivity index (χ2v) is 6.91. The smallest absolute Gasteiger partial charge is 0.191 e. The molecule has 0 aliphatic heterocycles. The highest BCUT2D eigenvalue weighted by molar-refractivity contribution is 14.0. The lowest BCUT2D eigenvalue weighted by Gasteiger charge is -2.14. The first-order valence-electron chi connectivity index (χ1n) is 9.16. The summed E-state index contributed by atoms with van der Waals surface area (Å²) in [7, 11) is 5.98. The highest BCUT2D eigenvalue weighted by Gasteiger charge is 2.02. The Morgan fingerprint density at radius 2 is 1.89 bits per heavy atom. The zero-order valence-corrected chi connectivity index (χ0v) is 19.4. The van der Waals surface area contributed by atoms with Crippen molar-refractivity contribution in [3.8, 4) is 0 Å². The molecule has 2 rings (SSSR count). The molecule has 0 fully saturated rings. The molecule has 0 unspecified atom stereocenters. The minimum Gasteiger partial charge on any atom is -0.356 e. The van der Waals surface area contributed by atoms with Gasteiger partial charge in [0.1, 0.15) is 0 Å². The first-order valence-corrected chi connectivity index (χ1v) is 9.16. The molecule has 0 atom stereocenters. The molecule has 0 radical (unpaired) electrons. The molecule has 2 N–H and O–H groups in total. The van der Waals surface area contributed by atoms with Crippen LogP contribution in [0, 0.1) is 13.8 Å². The summed E-state index contributed by atoms with van der Waals surface area (Å²) in [6.45, 7) is 7.61. The van der Waals surface area contributed by atoms with Crippen LogP contribution in [0.4, 0.5) is 0 Å². The quantitative estimate of drug-likeness (QED) is 0.262. The van der Waals surface area contributed by atoms with Gasteiger partial charge in [0.25, 0.3) is 0 Å². The second-order valence-electron chi connectivity index (χ2n) is 6.91. The molecule has 1 aromatic carbocycles. The molecule has 0 bridgehead atoms. The number of benzene rings is 1. The third-order valence-corrected chi connectivity index (χ3v) is 4.12. The standard InChI is InChI=1S/C20H32N6.HI/c1-16-12-17(2)26(24-16)11-7-10-22-20(21-3)23-14-18-8-6-9-19(13-18)15-25(4)5;/h6,8-9,12-13H,7,10-11,14-15H2,1-5H3,(H2,21,22,23);1H. The number of nitrogens with zero attached hydrogens (tertiary/aromatic N) is 4. The highest BCUT2D eigenvalue weighted by atomic mass is 127. The summed E-state index contributed by atoms with van der Waals surface area (Å²) >= 11 is 0. The van der Waals surface area contributed by atoms with E-state index in [-0.39, 0.29) is 24.0 Å². The maximum atomic E-state index is 4.49. The summed E-state index contributed by atoms with van der Waals surface area (Å²) in [5.74, 6) is 0.830. The topological polar surface area (TPSA) is 57.5 Å². The normalized spacial score (nSPS) is 11.4. The molecule has 7 heteroatoms. The third kappa shape index (κ3) is 8.30. The largest absolute Gasteiger partial charge is 0.356 e. The van der Waals surface area contributed by atoms with Gasteiger partial charge in [-0.05, 0) is 51.6 Å². The van der Waals surface area contributed by atoms with Gasteiger partial charge in [-0.2, -0.15) is 5.10 Å². The molecule has 0 amide bonds. The number of aliphatic imine (C=N–C) groups is 1. The van der Waals surface area contributed by atoms with E-state index in [2.05, 4.69) is 81.7 Å². The van der Waals surface area contributed by atoms with Crippen LogP contribution in [0.15, 0.2) is 35.3 Å². The fraction of sp³-hybridized carbons (Fsp3) is 0.500. The molecule has 6 nitrogen and oxygen atoms in total. The summed E-state index contributed by atoms with van der Waals surface area (Å²) in [6, 6.07) is 10.8. The number of hydrogen-bond donors (Lipinski definition) is 2. The maximum absolute atomic E-state index is 4.49. The van der Waals surface area contributed by atoms with Gasteiger partial charge >= 0.3 is 0 Å². The Labute approximate surface area is 180 Å². The second kappa shape index (κ2) is 12.0. The van der Waals surface area contributed by atoms with Gasteiger partial charge in [-0.1, -0.05) is 24.3 Å². The molecule has 0 aliphatic rings. The molecule has 0 saturated heterocycles. The Balaban J connectivity index is 0.00000364. The molecule has 0 saturated carbocycles. The Bertz CT molecular complexity index is 723. The van der Waals surface area contributed by atoms with Gasteiger partial charge < -0.3 is 15.5 Å². The molecule has 0 spiro atoms. The lowest BCUT2D eigenvalue weighted by Crippen LogP contribution is -2.37. The molecular weight excluding hydrogens is 451 g/mol. The van der Waals surface area contributed by atoms with Crippen molar-refractivity contribution in [2.45, 2.75) is 39.9 Å². The fourth-order valence-corrected chi connectivity index (χ4v) is 2.95. The Morgan fingerprint density at radius 3 is 2.52 bits per heavy atom. The van der Waals surface area contributed by atoms with Crippen molar-refractivity contribution in [3.63, 3.8) is 0 Å². The lowest BCUT2D eigenvalue weighted by atomic mass is 10.1. The third-order valence-electron chi connectivity index (χ3n) is 4.12. The van der Waals surface area contributed by atoms with Crippen molar-refractivity contribution in [1.82, 2.24) is 25.3 Å². The van der Waals surface area contributed by atoms with Gasteiger partial charge in [0, 0.05) is 38.9 Å². The van der Waals surface area contributed by atoms with Crippen molar-refractivity contribution >= 4 is 29.9 Å². The summed E-state index contributed by atoms with van der Waals surface area (Å²) < 4.78 is 2.06. The van der Waals surface area contributed by atoms with Crippen LogP contribution in [-0.4, -0.2) is 48.3 Å². The van der Waals surface area contributed by atoms with Gasteiger partial charge in [-0.15, -0.1) is 24.0 Å². The zero-order valence-electron chi connectivity index (χ0n) is 17.1. The van der Waals surface area contributed by atoms with Crippen molar-refractivity contribution in [2.75, 3.05) is 27.7 Å². The predicted molar refractivity (Wildman–Crippen MR) is 124 cm³/mol. The van der Waals surface area contributed by atoms with Gasteiger partial charge in [0.05, 0.1) is 5.69 Å². The van der Waals surface area contributed by atoms with Gasteiger partial charge in [0.2, 0.25) is 0 Å². The van der Waals surface area contributed by atoms with Crippen molar-refractivity contribution < 1.29 is 0 Å². The molecule has 1 aromatic heterocycles. The predicted octanol–water partition coefficient (Wildman–Crippen LogP) is 2.93. The first-order chi connectivity index (χ1) is 12.5. The number of halogens is 1. The molecule has 2 aromatic rings. The average Bonchev–Trinajstić information content (AvgIpc) is 2.91. The minimum atomic E-state index is 0. The van der Waals surface area contributed by atoms with E-state index in [1.807, 2.05) is 6.92 Å². The Kier molecular flexibility index (Phi) is 10.4. The van der Waals surface area contributed by atoms with Crippen LogP contribution in [0.2, 0.25) is 0 Å². The van der Waals surface area contributed by atoms with Gasteiger partial charge in [-0.3, -0.25) is 9.67 Å². The van der Waals surface area contributed by atoms with Gasteiger partial charge in [0.15, 0.2) is 5.96 Å². The number of nitrogens with one attached hydrogen (secondary N) is 2. The van der Waals surface area contributed by atoms with E-state index >= 15 is 0 Å². The fourth-order valence-electron chi connectivity index (χ4n) is 2.95. The summed E-state index contributed by atoms with van der Waals surface area (Å²) in [6.07, 6.45) is 1.00. The van der Waals surface area contributed by atoms with E-state index in [0.29, 0.717) is 0 Å². The monoisotopic (exact) mass is 484 g/mol. The van der Waals surface area contributed by atoms with Crippen LogP contribution >= 0.6 is 24.0 Å². The summed E-state index contributed by atoms with van der Waals surface area (Å²) in [4.78, 5) is 6.48. The van der Waals surface area contributed by atoms with E-state index in [9.17, 15) is 0 Å². The highest BCUT2D eigenvalue weighted by Crippen LogP contribution is 2.07. The summed E-state index contributed by atoms with van der Waals surface area (Å²) in [5.41, 5.74) is 4.86.